The van der Waals surface area contributed by atoms with Crippen molar-refractivity contribution in [3.8, 4) is 0 Å². The van der Waals surface area contributed by atoms with E-state index in [2.05, 4.69) is 5.32 Å². The van der Waals surface area contributed by atoms with Crippen molar-refractivity contribution in [2.24, 2.45) is 5.92 Å². The molecule has 1 aromatic carbocycles. The number of benzene rings is 1. The van der Waals surface area contributed by atoms with Crippen molar-refractivity contribution in [2.75, 3.05) is 4.90 Å². The number of urea groups is 1. The van der Waals surface area contributed by atoms with E-state index in [0.29, 0.717) is 5.02 Å². The monoisotopic (exact) mass is 300 g/mol. The predicted molar refractivity (Wildman–Crippen MR) is 71.4 cm³/mol. The lowest BCUT2D eigenvalue weighted by atomic mass is 10.1. The molecule has 1 aliphatic rings. The molecule has 100 valence electrons. The van der Waals surface area contributed by atoms with Gasteiger partial charge in [-0.1, -0.05) is 23.2 Å². The van der Waals surface area contributed by atoms with Crippen molar-refractivity contribution in [2.45, 2.75) is 13.8 Å². The van der Waals surface area contributed by atoms with Gasteiger partial charge in [-0.2, -0.15) is 0 Å². The average molecular weight is 301 g/mol. The number of hydrogen-bond acceptors (Lipinski definition) is 3. The number of nitrogens with one attached hydrogen (secondary N) is 1. The van der Waals surface area contributed by atoms with Crippen LogP contribution in [0.5, 0.6) is 0 Å². The number of carbonyl (C=O) groups excluding carboxylic acids is 3. The number of rotatable bonds is 1. The van der Waals surface area contributed by atoms with Gasteiger partial charge in [0.05, 0.1) is 10.7 Å². The van der Waals surface area contributed by atoms with Crippen LogP contribution in [0.3, 0.4) is 0 Å². The highest BCUT2D eigenvalue weighted by Gasteiger charge is 2.39. The number of hydrogen-bond donors (Lipinski definition) is 1. The molecule has 1 atom stereocenters. The smallest absolute Gasteiger partial charge is 0.277 e. The number of carbonyl (C=O) groups is 3. The first kappa shape index (κ1) is 13.8. The quantitative estimate of drug-likeness (QED) is 0.811. The summed E-state index contributed by atoms with van der Waals surface area (Å²) in [7, 11) is 0. The van der Waals surface area contributed by atoms with Gasteiger partial charge in [0.15, 0.2) is 0 Å². The van der Waals surface area contributed by atoms with Gasteiger partial charge in [-0.05, 0) is 31.5 Å². The number of imide groups is 2. The van der Waals surface area contributed by atoms with Crippen LogP contribution in [0.25, 0.3) is 0 Å². The molecule has 0 aromatic heterocycles. The second-order valence-corrected chi connectivity index (χ2v) is 5.06. The van der Waals surface area contributed by atoms with Crippen molar-refractivity contribution in [3.63, 3.8) is 0 Å². The summed E-state index contributed by atoms with van der Waals surface area (Å²) in [4.78, 5) is 36.0. The van der Waals surface area contributed by atoms with Crippen LogP contribution >= 0.6 is 23.2 Å². The van der Waals surface area contributed by atoms with Gasteiger partial charge in [0.1, 0.15) is 5.92 Å². The van der Waals surface area contributed by atoms with Gasteiger partial charge in [-0.15, -0.1) is 0 Å². The van der Waals surface area contributed by atoms with E-state index in [1.165, 1.54) is 13.0 Å². The zero-order valence-electron chi connectivity index (χ0n) is 10.2. The Balaban J connectivity index is 2.52. The van der Waals surface area contributed by atoms with Crippen LogP contribution in [-0.2, 0) is 9.59 Å². The van der Waals surface area contributed by atoms with Crippen molar-refractivity contribution in [1.82, 2.24) is 5.32 Å². The molecule has 4 amide bonds. The Bertz CT molecular complexity index is 601. The topological polar surface area (TPSA) is 66.5 Å². The maximum atomic E-state index is 12.0. The summed E-state index contributed by atoms with van der Waals surface area (Å²) in [6.07, 6.45) is 0. The van der Waals surface area contributed by atoms with E-state index in [4.69, 9.17) is 23.2 Å². The van der Waals surface area contributed by atoms with Crippen LogP contribution in [0.1, 0.15) is 12.5 Å². The third-order valence-electron chi connectivity index (χ3n) is 2.89. The van der Waals surface area contributed by atoms with Crippen molar-refractivity contribution in [1.29, 1.82) is 0 Å². The first-order valence-corrected chi connectivity index (χ1v) is 6.23. The Hall–Kier alpha value is -1.59. The molecule has 0 bridgehead atoms. The SMILES string of the molecule is Cc1cc(Cl)c(N2C(=O)NC(=O)C(C)C2=O)cc1Cl. The molecule has 1 fully saturated rings. The Morgan fingerprint density at radius 2 is 1.79 bits per heavy atom. The number of aryl methyl sites for hydroxylation is 1. The molecule has 1 aromatic rings. The number of anilines is 1. The van der Waals surface area contributed by atoms with Gasteiger partial charge in [0.25, 0.3) is 0 Å². The van der Waals surface area contributed by atoms with Gasteiger partial charge in [-0.3, -0.25) is 14.9 Å². The molecule has 0 spiro atoms. The van der Waals surface area contributed by atoms with Crippen molar-refractivity contribution in [3.05, 3.63) is 27.7 Å². The zero-order chi connectivity index (χ0) is 14.3. The summed E-state index contributed by atoms with van der Waals surface area (Å²) in [6, 6.07) is 2.16. The van der Waals surface area contributed by atoms with Crippen molar-refractivity contribution >= 4 is 46.7 Å². The second-order valence-electron chi connectivity index (χ2n) is 4.24. The number of halogens is 2. The third-order valence-corrected chi connectivity index (χ3v) is 3.60. The minimum atomic E-state index is -0.950. The van der Waals surface area contributed by atoms with Crippen LogP contribution in [0, 0.1) is 12.8 Å². The fourth-order valence-electron chi connectivity index (χ4n) is 1.71. The molecular formula is C12H10Cl2N2O3. The van der Waals surface area contributed by atoms with E-state index in [-0.39, 0.29) is 10.7 Å². The highest BCUT2D eigenvalue weighted by atomic mass is 35.5. The summed E-state index contributed by atoms with van der Waals surface area (Å²) in [5.41, 5.74) is 0.892. The lowest BCUT2D eigenvalue weighted by Gasteiger charge is -2.29. The molecule has 0 aliphatic carbocycles. The zero-order valence-corrected chi connectivity index (χ0v) is 11.7. The highest BCUT2D eigenvalue weighted by molar-refractivity contribution is 6.38. The Labute approximate surface area is 119 Å². The Morgan fingerprint density at radius 1 is 1.16 bits per heavy atom. The van der Waals surface area contributed by atoms with Gasteiger partial charge >= 0.3 is 6.03 Å². The fraction of sp³-hybridized carbons (Fsp3) is 0.250. The van der Waals surface area contributed by atoms with Crippen LogP contribution in [0.4, 0.5) is 10.5 Å². The normalized spacial score (nSPS) is 19.7. The first-order valence-electron chi connectivity index (χ1n) is 5.47. The highest BCUT2D eigenvalue weighted by Crippen LogP contribution is 2.33. The maximum absolute atomic E-state index is 12.0. The molecule has 1 N–H and O–H groups in total. The average Bonchev–Trinajstić information content (AvgIpc) is 2.33. The van der Waals surface area contributed by atoms with E-state index < -0.39 is 23.8 Å². The van der Waals surface area contributed by atoms with E-state index in [0.717, 1.165) is 10.5 Å². The maximum Gasteiger partial charge on any atom is 0.335 e. The van der Waals surface area contributed by atoms with Gasteiger partial charge in [0, 0.05) is 5.02 Å². The van der Waals surface area contributed by atoms with Crippen molar-refractivity contribution < 1.29 is 14.4 Å². The van der Waals surface area contributed by atoms with Crippen LogP contribution < -0.4 is 10.2 Å². The molecular weight excluding hydrogens is 291 g/mol. The lowest BCUT2D eigenvalue weighted by molar-refractivity contribution is -0.133. The lowest BCUT2D eigenvalue weighted by Crippen LogP contribution is -2.57. The molecule has 19 heavy (non-hydrogen) atoms. The van der Waals surface area contributed by atoms with E-state index in [1.54, 1.807) is 13.0 Å². The number of barbiturate groups is 1. The minimum absolute atomic E-state index is 0.166. The summed E-state index contributed by atoms with van der Waals surface area (Å²) in [6.45, 7) is 3.17. The number of nitrogens with zero attached hydrogens (tertiary/aromatic N) is 1. The summed E-state index contributed by atoms with van der Waals surface area (Å²) in [5, 5.41) is 2.69. The van der Waals surface area contributed by atoms with Crippen LogP contribution in [-0.4, -0.2) is 17.8 Å². The molecule has 1 heterocycles. The molecule has 1 aliphatic heterocycles. The van der Waals surface area contributed by atoms with Crippen LogP contribution in [0.2, 0.25) is 10.0 Å². The largest absolute Gasteiger partial charge is 0.335 e. The Morgan fingerprint density at radius 3 is 2.42 bits per heavy atom. The minimum Gasteiger partial charge on any atom is -0.277 e. The number of amides is 4. The van der Waals surface area contributed by atoms with Gasteiger partial charge in [-0.25, -0.2) is 9.69 Å². The molecule has 7 heteroatoms. The molecule has 2 rings (SSSR count). The second kappa shape index (κ2) is 4.83. The van der Waals surface area contributed by atoms with Gasteiger partial charge < -0.3 is 0 Å². The van der Waals surface area contributed by atoms with E-state index in [9.17, 15) is 14.4 Å². The summed E-state index contributed by atoms with van der Waals surface area (Å²) < 4.78 is 0. The molecule has 1 saturated heterocycles. The standard InChI is InChI=1S/C12H10Cl2N2O3/c1-5-3-8(14)9(4-7(5)13)16-11(18)6(2)10(17)15-12(16)19/h3-4,6H,1-2H3,(H,15,17,19). The molecule has 0 radical (unpaired) electrons. The van der Waals surface area contributed by atoms with E-state index >= 15 is 0 Å². The fourth-order valence-corrected chi connectivity index (χ4v) is 2.17. The molecule has 5 nitrogen and oxygen atoms in total. The molecule has 1 unspecified atom stereocenters. The van der Waals surface area contributed by atoms with E-state index in [1.807, 2.05) is 0 Å². The summed E-state index contributed by atoms with van der Waals surface area (Å²) >= 11 is 12.0. The Kier molecular flexibility index (Phi) is 3.52. The first-order chi connectivity index (χ1) is 8.82. The predicted octanol–water partition coefficient (Wildman–Crippen LogP) is 2.52. The third kappa shape index (κ3) is 2.31. The summed E-state index contributed by atoms with van der Waals surface area (Å²) in [5.74, 6) is -2.20. The molecule has 0 saturated carbocycles. The van der Waals surface area contributed by atoms with Crippen LogP contribution in [0.15, 0.2) is 12.1 Å². The van der Waals surface area contributed by atoms with Gasteiger partial charge in [0.2, 0.25) is 11.8 Å².